The molecule has 2 aromatic heterocycles. The maximum absolute atomic E-state index is 10.4. The van der Waals surface area contributed by atoms with Crippen LogP contribution < -0.4 is 5.32 Å². The Labute approximate surface area is 218 Å². The predicted molar refractivity (Wildman–Crippen MR) is 148 cm³/mol. The number of anilines is 1. The molecule has 2 N–H and O–H groups in total. The van der Waals surface area contributed by atoms with E-state index in [4.69, 9.17) is 4.98 Å². The Morgan fingerprint density at radius 2 is 1.83 bits per heavy atom. The van der Waals surface area contributed by atoms with Gasteiger partial charge in [-0.1, -0.05) is 48.5 Å². The highest BCUT2D eigenvalue weighted by molar-refractivity contribution is 9.10. The van der Waals surface area contributed by atoms with Crippen LogP contribution >= 0.6 is 15.9 Å². The van der Waals surface area contributed by atoms with Crippen molar-refractivity contribution in [1.29, 1.82) is 0 Å². The summed E-state index contributed by atoms with van der Waals surface area (Å²) in [5, 5.41) is 21.1. The monoisotopic (exact) mass is 541 g/mol. The molecule has 1 atom stereocenters. The molecule has 1 aliphatic rings. The molecule has 1 saturated heterocycles. The second-order valence-corrected chi connectivity index (χ2v) is 10.4. The Morgan fingerprint density at radius 1 is 1.00 bits per heavy atom. The molecular weight excluding hydrogens is 514 g/mol. The van der Waals surface area contributed by atoms with Crippen LogP contribution in [0.1, 0.15) is 18.4 Å². The third-order valence-corrected chi connectivity index (χ3v) is 7.56. The number of piperidine rings is 1. The fourth-order valence-corrected chi connectivity index (χ4v) is 5.54. The lowest BCUT2D eigenvalue weighted by molar-refractivity contribution is 0.173. The second kappa shape index (κ2) is 9.91. The minimum Gasteiger partial charge on any atom is -0.507 e. The van der Waals surface area contributed by atoms with Crippen LogP contribution in [0.15, 0.2) is 83.5 Å². The highest BCUT2D eigenvalue weighted by atomic mass is 79.9. The fourth-order valence-electron chi connectivity index (χ4n) is 5.20. The van der Waals surface area contributed by atoms with E-state index < -0.39 is 0 Å². The van der Waals surface area contributed by atoms with Gasteiger partial charge in [0.15, 0.2) is 5.65 Å². The number of nitrogens with one attached hydrogen (secondary N) is 1. The summed E-state index contributed by atoms with van der Waals surface area (Å²) in [6.45, 7) is 4.02. The van der Waals surface area contributed by atoms with Crippen molar-refractivity contribution in [2.24, 2.45) is 5.92 Å². The minimum atomic E-state index is 0.215. The lowest BCUT2D eigenvalue weighted by Gasteiger charge is -2.33. The third-order valence-electron chi connectivity index (χ3n) is 7.00. The Morgan fingerprint density at radius 3 is 2.72 bits per heavy atom. The maximum atomic E-state index is 10.4. The summed E-state index contributed by atoms with van der Waals surface area (Å²) >= 11 is 3.57. The molecule has 1 fully saturated rings. The number of likely N-dealkylation sites (tertiary alicyclic amines) is 1. The molecule has 7 heteroatoms. The highest BCUT2D eigenvalue weighted by Gasteiger charge is 2.21. The van der Waals surface area contributed by atoms with E-state index in [1.54, 1.807) is 12.3 Å². The molecule has 3 heterocycles. The van der Waals surface area contributed by atoms with Gasteiger partial charge in [0.2, 0.25) is 0 Å². The topological polar surface area (TPSA) is 65.7 Å². The summed E-state index contributed by atoms with van der Waals surface area (Å²) in [6.07, 6.45) is 4.15. The molecule has 0 bridgehead atoms. The Kier molecular flexibility index (Phi) is 6.34. The first-order valence-corrected chi connectivity index (χ1v) is 13.2. The van der Waals surface area contributed by atoms with Crippen molar-refractivity contribution in [2.45, 2.75) is 19.4 Å². The van der Waals surface area contributed by atoms with Crippen LogP contribution in [0, 0.1) is 5.92 Å². The number of hydrogen-bond donors (Lipinski definition) is 2. The number of fused-ring (bicyclic) bond motifs is 2. The van der Waals surface area contributed by atoms with Crippen molar-refractivity contribution in [3.63, 3.8) is 0 Å². The van der Waals surface area contributed by atoms with E-state index in [2.05, 4.69) is 73.7 Å². The molecule has 182 valence electrons. The first-order valence-electron chi connectivity index (χ1n) is 12.4. The van der Waals surface area contributed by atoms with Gasteiger partial charge in [-0.15, -0.1) is 0 Å². The summed E-state index contributed by atoms with van der Waals surface area (Å²) < 4.78 is 2.64. The van der Waals surface area contributed by atoms with Crippen LogP contribution in [0.2, 0.25) is 0 Å². The van der Waals surface area contributed by atoms with E-state index >= 15 is 0 Å². The SMILES string of the molecule is Oc1ccccc1-c1cc(NCC2CCCN(Cc3ccc4ccccc4c3)C2)n2ncc(Br)c2n1. The fraction of sp³-hybridized carbons (Fsp3) is 0.241. The van der Waals surface area contributed by atoms with Gasteiger partial charge in [-0.2, -0.15) is 9.61 Å². The van der Waals surface area contributed by atoms with Crippen molar-refractivity contribution < 1.29 is 5.11 Å². The molecule has 0 spiro atoms. The molecule has 36 heavy (non-hydrogen) atoms. The normalized spacial score (nSPS) is 16.5. The summed E-state index contributed by atoms with van der Waals surface area (Å²) in [7, 11) is 0. The van der Waals surface area contributed by atoms with Crippen LogP contribution in [0.5, 0.6) is 5.75 Å². The Balaban J connectivity index is 1.18. The molecule has 0 amide bonds. The molecule has 1 aliphatic heterocycles. The number of rotatable bonds is 6. The average molecular weight is 542 g/mol. The van der Waals surface area contributed by atoms with Gasteiger partial charge in [0.05, 0.1) is 16.4 Å². The van der Waals surface area contributed by atoms with Gasteiger partial charge in [-0.3, -0.25) is 4.90 Å². The zero-order valence-corrected chi connectivity index (χ0v) is 21.5. The lowest BCUT2D eigenvalue weighted by atomic mass is 9.97. The minimum absolute atomic E-state index is 0.215. The number of aromatic nitrogens is 3. The standard InChI is InChI=1S/C29H28BrN5O/c30-25-17-32-35-28(15-26(33-29(25)35)24-9-3-4-10-27(24)36)31-16-21-6-5-13-34(19-21)18-20-11-12-22-7-1-2-8-23(22)14-20/h1-4,7-12,14-15,17,21,31,36H,5-6,13,16,18-19H2. The van der Waals surface area contributed by atoms with Gasteiger partial charge >= 0.3 is 0 Å². The van der Waals surface area contributed by atoms with Crippen LogP contribution in [0.4, 0.5) is 5.82 Å². The third kappa shape index (κ3) is 4.68. The summed E-state index contributed by atoms with van der Waals surface area (Å²) in [4.78, 5) is 7.32. The van der Waals surface area contributed by atoms with E-state index in [-0.39, 0.29) is 5.75 Å². The van der Waals surface area contributed by atoms with E-state index in [1.165, 1.54) is 29.2 Å². The number of para-hydroxylation sites is 1. The predicted octanol–water partition coefficient (Wildman–Crippen LogP) is 6.34. The zero-order valence-electron chi connectivity index (χ0n) is 19.9. The first kappa shape index (κ1) is 23.0. The Hall–Kier alpha value is -3.42. The maximum Gasteiger partial charge on any atom is 0.172 e. The highest BCUT2D eigenvalue weighted by Crippen LogP contribution is 2.31. The molecule has 3 aromatic carbocycles. The van der Waals surface area contributed by atoms with Crippen molar-refractivity contribution in [3.05, 3.63) is 89.0 Å². The summed E-state index contributed by atoms with van der Waals surface area (Å²) in [6, 6.07) is 24.6. The number of nitrogens with zero attached hydrogens (tertiary/aromatic N) is 4. The number of benzene rings is 3. The molecule has 6 rings (SSSR count). The summed E-state index contributed by atoms with van der Waals surface area (Å²) in [5.74, 6) is 1.62. The van der Waals surface area contributed by atoms with Gasteiger partial charge in [0.25, 0.3) is 0 Å². The number of hydrogen-bond acceptors (Lipinski definition) is 5. The average Bonchev–Trinajstić information content (AvgIpc) is 3.28. The zero-order chi connectivity index (χ0) is 24.5. The first-order chi connectivity index (χ1) is 17.6. The molecule has 0 radical (unpaired) electrons. The van der Waals surface area contributed by atoms with E-state index in [1.807, 2.05) is 28.8 Å². The van der Waals surface area contributed by atoms with Crippen LogP contribution in [-0.2, 0) is 6.54 Å². The van der Waals surface area contributed by atoms with Crippen molar-refractivity contribution in [2.75, 3.05) is 25.0 Å². The smallest absolute Gasteiger partial charge is 0.172 e. The molecule has 6 nitrogen and oxygen atoms in total. The van der Waals surface area contributed by atoms with Crippen LogP contribution in [-0.4, -0.2) is 44.2 Å². The largest absolute Gasteiger partial charge is 0.507 e. The quantitative estimate of drug-likeness (QED) is 0.262. The molecular formula is C29H28BrN5O. The molecule has 5 aromatic rings. The Bertz CT molecular complexity index is 1530. The molecule has 0 saturated carbocycles. The van der Waals surface area contributed by atoms with Crippen molar-refractivity contribution >= 4 is 38.2 Å². The van der Waals surface area contributed by atoms with Crippen molar-refractivity contribution in [3.8, 4) is 17.0 Å². The second-order valence-electron chi connectivity index (χ2n) is 9.58. The summed E-state index contributed by atoms with van der Waals surface area (Å²) in [5.41, 5.74) is 3.51. The van der Waals surface area contributed by atoms with E-state index in [0.717, 1.165) is 42.1 Å². The number of phenols is 1. The van der Waals surface area contributed by atoms with Gasteiger partial charge < -0.3 is 10.4 Å². The molecule has 1 unspecified atom stereocenters. The van der Waals surface area contributed by atoms with E-state index in [9.17, 15) is 5.11 Å². The van der Waals surface area contributed by atoms with Crippen LogP contribution in [0.3, 0.4) is 0 Å². The number of halogens is 1. The van der Waals surface area contributed by atoms with Gasteiger partial charge in [-0.05, 0) is 75.8 Å². The number of aromatic hydroxyl groups is 1. The van der Waals surface area contributed by atoms with Gasteiger partial charge in [0.1, 0.15) is 11.6 Å². The number of phenolic OH excluding ortho intramolecular Hbond substituents is 1. The van der Waals surface area contributed by atoms with E-state index in [0.29, 0.717) is 17.2 Å². The van der Waals surface area contributed by atoms with Crippen LogP contribution in [0.25, 0.3) is 27.7 Å². The van der Waals surface area contributed by atoms with Crippen molar-refractivity contribution in [1.82, 2.24) is 19.5 Å². The lowest BCUT2D eigenvalue weighted by Crippen LogP contribution is -2.37. The van der Waals surface area contributed by atoms with Gasteiger partial charge in [-0.25, -0.2) is 4.98 Å². The van der Waals surface area contributed by atoms with Gasteiger partial charge in [0, 0.05) is 31.3 Å². The molecule has 0 aliphatic carbocycles.